The molecular weight excluding hydrogens is 390 g/mol. The van der Waals surface area contributed by atoms with E-state index in [-0.39, 0.29) is 5.56 Å². The number of ether oxygens (including phenoxy) is 2. The SMILES string of the molecule is COc1ccc(-c2cc3nccn3c(Sc3cccc(C(=O)O)c3)n2)cc1OC. The molecule has 0 aliphatic heterocycles. The summed E-state index contributed by atoms with van der Waals surface area (Å²) in [7, 11) is 3.18. The Kier molecular flexibility index (Phi) is 5.09. The van der Waals surface area contributed by atoms with Crippen molar-refractivity contribution in [2.24, 2.45) is 0 Å². The summed E-state index contributed by atoms with van der Waals surface area (Å²) in [6, 6.07) is 14.2. The molecule has 0 aliphatic carbocycles. The van der Waals surface area contributed by atoms with E-state index in [1.54, 1.807) is 38.6 Å². The molecule has 1 N–H and O–H groups in total. The number of aromatic carboxylic acids is 1. The molecule has 2 aromatic carbocycles. The van der Waals surface area contributed by atoms with Crippen molar-refractivity contribution in [2.75, 3.05) is 14.2 Å². The minimum Gasteiger partial charge on any atom is -0.493 e. The molecule has 0 amide bonds. The van der Waals surface area contributed by atoms with Gasteiger partial charge in [0.15, 0.2) is 16.7 Å². The maximum absolute atomic E-state index is 11.3. The summed E-state index contributed by atoms with van der Waals surface area (Å²) >= 11 is 1.37. The highest BCUT2D eigenvalue weighted by Crippen LogP contribution is 2.34. The van der Waals surface area contributed by atoms with Crippen molar-refractivity contribution in [3.8, 4) is 22.8 Å². The molecule has 0 saturated heterocycles. The van der Waals surface area contributed by atoms with Crippen LogP contribution in [0.25, 0.3) is 16.9 Å². The molecule has 29 heavy (non-hydrogen) atoms. The Labute approximate surface area is 171 Å². The van der Waals surface area contributed by atoms with E-state index in [2.05, 4.69) is 4.98 Å². The van der Waals surface area contributed by atoms with Crippen LogP contribution in [0.2, 0.25) is 0 Å². The number of carboxylic acids is 1. The first-order valence-electron chi connectivity index (χ1n) is 8.67. The third-order valence-corrected chi connectivity index (χ3v) is 5.29. The molecule has 0 fully saturated rings. The van der Waals surface area contributed by atoms with Crippen molar-refractivity contribution >= 4 is 23.4 Å². The molecule has 0 atom stereocenters. The van der Waals surface area contributed by atoms with Gasteiger partial charge in [-0.2, -0.15) is 0 Å². The highest BCUT2D eigenvalue weighted by molar-refractivity contribution is 7.99. The normalized spacial score (nSPS) is 10.8. The van der Waals surface area contributed by atoms with E-state index < -0.39 is 5.97 Å². The van der Waals surface area contributed by atoms with E-state index >= 15 is 0 Å². The lowest BCUT2D eigenvalue weighted by Gasteiger charge is -2.11. The van der Waals surface area contributed by atoms with Crippen LogP contribution in [0.4, 0.5) is 0 Å². The molecule has 0 unspecified atom stereocenters. The van der Waals surface area contributed by atoms with Crippen LogP contribution in [0, 0.1) is 0 Å². The van der Waals surface area contributed by atoms with Crippen LogP contribution in [0.1, 0.15) is 10.4 Å². The maximum Gasteiger partial charge on any atom is 0.335 e. The maximum atomic E-state index is 11.3. The summed E-state index contributed by atoms with van der Waals surface area (Å²) in [6.07, 6.45) is 3.53. The average molecular weight is 407 g/mol. The van der Waals surface area contributed by atoms with Gasteiger partial charge in [0.25, 0.3) is 0 Å². The molecule has 0 bridgehead atoms. The van der Waals surface area contributed by atoms with Gasteiger partial charge in [-0.3, -0.25) is 4.40 Å². The fourth-order valence-electron chi connectivity index (χ4n) is 2.91. The largest absolute Gasteiger partial charge is 0.493 e. The fraction of sp³-hybridized carbons (Fsp3) is 0.0952. The predicted molar refractivity (Wildman–Crippen MR) is 109 cm³/mol. The first-order valence-corrected chi connectivity index (χ1v) is 9.48. The van der Waals surface area contributed by atoms with Gasteiger partial charge in [0.2, 0.25) is 0 Å². The Morgan fingerprint density at radius 1 is 1.07 bits per heavy atom. The number of carboxylic acid groups (broad SMARTS) is 1. The average Bonchev–Trinajstić information content (AvgIpc) is 3.22. The number of carbonyl (C=O) groups is 1. The van der Waals surface area contributed by atoms with Crippen LogP contribution >= 0.6 is 11.8 Å². The highest BCUT2D eigenvalue weighted by atomic mass is 32.2. The summed E-state index contributed by atoms with van der Waals surface area (Å²) in [6.45, 7) is 0. The number of aromatic nitrogens is 3. The van der Waals surface area contributed by atoms with Gasteiger partial charge in [0.1, 0.15) is 5.65 Å². The predicted octanol–water partition coefficient (Wildman–Crippen LogP) is 4.26. The van der Waals surface area contributed by atoms with Crippen molar-refractivity contribution in [2.45, 2.75) is 10.1 Å². The van der Waals surface area contributed by atoms with Crippen molar-refractivity contribution in [1.29, 1.82) is 0 Å². The Balaban J connectivity index is 1.79. The topological polar surface area (TPSA) is 86.0 Å². The zero-order valence-corrected chi connectivity index (χ0v) is 16.5. The Morgan fingerprint density at radius 2 is 1.90 bits per heavy atom. The number of nitrogens with zero attached hydrogens (tertiary/aromatic N) is 3. The van der Waals surface area contributed by atoms with E-state index in [0.717, 1.165) is 21.8 Å². The van der Waals surface area contributed by atoms with Crippen molar-refractivity contribution in [3.63, 3.8) is 0 Å². The number of rotatable bonds is 6. The van der Waals surface area contributed by atoms with Gasteiger partial charge in [-0.25, -0.2) is 14.8 Å². The van der Waals surface area contributed by atoms with Crippen molar-refractivity contribution < 1.29 is 19.4 Å². The van der Waals surface area contributed by atoms with Crippen LogP contribution in [0.5, 0.6) is 11.5 Å². The number of fused-ring (bicyclic) bond motifs is 1. The van der Waals surface area contributed by atoms with Crippen LogP contribution < -0.4 is 9.47 Å². The Hall–Kier alpha value is -3.52. The van der Waals surface area contributed by atoms with Crippen molar-refractivity contribution in [3.05, 3.63) is 66.5 Å². The van der Waals surface area contributed by atoms with Gasteiger partial charge in [0, 0.05) is 28.9 Å². The minimum atomic E-state index is -0.965. The standard InChI is InChI=1S/C21H17N3O4S/c1-27-17-7-6-13(11-18(17)28-2)16-12-19-22-8-9-24(19)21(23-16)29-15-5-3-4-14(10-15)20(25)26/h3-12H,1-2H3,(H,25,26). The molecule has 0 spiro atoms. The van der Waals surface area contributed by atoms with Gasteiger partial charge in [-0.15, -0.1) is 0 Å². The second-order valence-electron chi connectivity index (χ2n) is 6.08. The van der Waals surface area contributed by atoms with E-state index in [9.17, 15) is 9.90 Å². The Morgan fingerprint density at radius 3 is 2.66 bits per heavy atom. The van der Waals surface area contributed by atoms with E-state index in [1.165, 1.54) is 11.8 Å². The second-order valence-corrected chi connectivity index (χ2v) is 7.12. The monoisotopic (exact) mass is 407 g/mol. The van der Waals surface area contributed by atoms with Gasteiger partial charge in [-0.05, 0) is 36.4 Å². The van der Waals surface area contributed by atoms with E-state index in [1.807, 2.05) is 40.9 Å². The molecule has 2 aromatic heterocycles. The van der Waals surface area contributed by atoms with Gasteiger partial charge in [0.05, 0.1) is 25.5 Å². The number of hydrogen-bond acceptors (Lipinski definition) is 6. The quantitative estimate of drug-likeness (QED) is 0.478. The summed E-state index contributed by atoms with van der Waals surface area (Å²) in [5.74, 6) is 0.281. The summed E-state index contributed by atoms with van der Waals surface area (Å²) in [5.41, 5.74) is 2.55. The molecule has 4 aromatic rings. The van der Waals surface area contributed by atoms with Gasteiger partial charge >= 0.3 is 5.97 Å². The molecule has 7 nitrogen and oxygen atoms in total. The molecule has 2 heterocycles. The number of methoxy groups -OCH3 is 2. The molecule has 0 radical (unpaired) electrons. The van der Waals surface area contributed by atoms with Crippen LogP contribution in [0.15, 0.2) is 71.0 Å². The lowest BCUT2D eigenvalue weighted by Crippen LogP contribution is -1.98. The molecule has 0 aliphatic rings. The van der Waals surface area contributed by atoms with E-state index in [4.69, 9.17) is 14.5 Å². The van der Waals surface area contributed by atoms with Crippen LogP contribution in [-0.2, 0) is 0 Å². The smallest absolute Gasteiger partial charge is 0.335 e. The third kappa shape index (κ3) is 3.74. The lowest BCUT2D eigenvalue weighted by molar-refractivity contribution is 0.0696. The number of benzene rings is 2. The number of imidazole rings is 1. The van der Waals surface area contributed by atoms with Gasteiger partial charge in [-0.1, -0.05) is 17.8 Å². The fourth-order valence-corrected chi connectivity index (χ4v) is 3.85. The third-order valence-electron chi connectivity index (χ3n) is 4.33. The lowest BCUT2D eigenvalue weighted by atomic mass is 10.1. The van der Waals surface area contributed by atoms with Crippen molar-refractivity contribution in [1.82, 2.24) is 14.4 Å². The molecular formula is C21H17N3O4S. The zero-order valence-electron chi connectivity index (χ0n) is 15.7. The molecule has 0 saturated carbocycles. The minimum absolute atomic E-state index is 0.230. The summed E-state index contributed by atoms with van der Waals surface area (Å²) < 4.78 is 12.6. The highest BCUT2D eigenvalue weighted by Gasteiger charge is 2.13. The van der Waals surface area contributed by atoms with Crippen LogP contribution in [0.3, 0.4) is 0 Å². The molecule has 146 valence electrons. The number of hydrogen-bond donors (Lipinski definition) is 1. The summed E-state index contributed by atoms with van der Waals surface area (Å²) in [4.78, 5) is 21.2. The molecule has 4 rings (SSSR count). The molecule has 8 heteroatoms. The first kappa shape index (κ1) is 18.8. The summed E-state index contributed by atoms with van der Waals surface area (Å²) in [5, 5.41) is 9.91. The zero-order chi connectivity index (χ0) is 20.4. The Bertz CT molecular complexity index is 1210. The van der Waals surface area contributed by atoms with E-state index in [0.29, 0.717) is 16.7 Å². The van der Waals surface area contributed by atoms with Gasteiger partial charge < -0.3 is 14.6 Å². The second kappa shape index (κ2) is 7.84. The first-order chi connectivity index (χ1) is 14.1. The van der Waals surface area contributed by atoms with Crippen LogP contribution in [-0.4, -0.2) is 39.7 Å².